The molecule has 2 aromatic heterocycles. The van der Waals surface area contributed by atoms with E-state index in [1.54, 1.807) is 12.3 Å². The predicted octanol–water partition coefficient (Wildman–Crippen LogP) is 3.03. The first-order chi connectivity index (χ1) is 10.2. The lowest BCUT2D eigenvalue weighted by molar-refractivity contribution is -0.0777. The third kappa shape index (κ3) is 2.63. The van der Waals surface area contributed by atoms with Crippen molar-refractivity contribution in [2.75, 3.05) is 6.61 Å². The Labute approximate surface area is 123 Å². The number of aromatic hydroxyl groups is 1. The van der Waals surface area contributed by atoms with Crippen LogP contribution in [0.1, 0.15) is 44.9 Å². The molecular formula is C15H19N3O3. The van der Waals surface area contributed by atoms with Gasteiger partial charge < -0.3 is 14.4 Å². The second-order valence-electron chi connectivity index (χ2n) is 5.30. The van der Waals surface area contributed by atoms with Crippen LogP contribution < -0.4 is 0 Å². The maximum Gasteiger partial charge on any atom is 0.261 e. The zero-order valence-electron chi connectivity index (χ0n) is 12.1. The van der Waals surface area contributed by atoms with E-state index in [1.165, 1.54) is 12.6 Å². The van der Waals surface area contributed by atoms with E-state index in [0.717, 1.165) is 25.7 Å². The van der Waals surface area contributed by atoms with E-state index >= 15 is 0 Å². The number of hydrogen-bond donors (Lipinski definition) is 1. The fraction of sp³-hybridized carbons (Fsp3) is 0.533. The van der Waals surface area contributed by atoms with Crippen LogP contribution in [0.3, 0.4) is 0 Å². The summed E-state index contributed by atoms with van der Waals surface area (Å²) < 4.78 is 11.3. The monoisotopic (exact) mass is 289 g/mol. The van der Waals surface area contributed by atoms with E-state index in [9.17, 15) is 5.11 Å². The number of nitrogens with zero attached hydrogens (tertiary/aromatic N) is 3. The smallest absolute Gasteiger partial charge is 0.261 e. The molecule has 2 aromatic rings. The van der Waals surface area contributed by atoms with Crippen molar-refractivity contribution < 1.29 is 14.4 Å². The lowest BCUT2D eigenvalue weighted by atomic mass is 9.84. The van der Waals surface area contributed by atoms with Crippen molar-refractivity contribution >= 4 is 0 Å². The van der Waals surface area contributed by atoms with E-state index in [1.807, 2.05) is 6.92 Å². The van der Waals surface area contributed by atoms with Crippen molar-refractivity contribution in [1.82, 2.24) is 15.1 Å². The van der Waals surface area contributed by atoms with Gasteiger partial charge in [-0.05, 0) is 25.8 Å². The van der Waals surface area contributed by atoms with Gasteiger partial charge in [0, 0.05) is 12.8 Å². The lowest BCUT2D eigenvalue weighted by Gasteiger charge is -2.33. The van der Waals surface area contributed by atoms with Crippen LogP contribution in [-0.4, -0.2) is 26.8 Å². The van der Waals surface area contributed by atoms with Crippen molar-refractivity contribution in [3.63, 3.8) is 0 Å². The molecule has 6 nitrogen and oxygen atoms in total. The molecule has 6 heteroatoms. The van der Waals surface area contributed by atoms with Crippen LogP contribution in [0.5, 0.6) is 5.75 Å². The second kappa shape index (κ2) is 5.81. The molecule has 112 valence electrons. The summed E-state index contributed by atoms with van der Waals surface area (Å²) in [5.41, 5.74) is 0.0448. The number of hydrogen-bond acceptors (Lipinski definition) is 6. The molecule has 3 rings (SSSR count). The van der Waals surface area contributed by atoms with Crippen LogP contribution in [-0.2, 0) is 10.3 Å². The van der Waals surface area contributed by atoms with Crippen LogP contribution in [0.2, 0.25) is 0 Å². The molecular weight excluding hydrogens is 270 g/mol. The average molecular weight is 289 g/mol. The number of ether oxygens (including phenoxy) is 1. The van der Waals surface area contributed by atoms with Crippen molar-refractivity contribution in [2.24, 2.45) is 0 Å². The summed E-state index contributed by atoms with van der Waals surface area (Å²) in [6.07, 6.45) is 8.17. The lowest BCUT2D eigenvalue weighted by Crippen LogP contribution is -2.33. The van der Waals surface area contributed by atoms with E-state index < -0.39 is 5.60 Å². The molecule has 0 amide bonds. The molecule has 0 unspecified atom stereocenters. The summed E-state index contributed by atoms with van der Waals surface area (Å²) in [5.74, 6) is 0.909. The largest absolute Gasteiger partial charge is 0.505 e. The van der Waals surface area contributed by atoms with Crippen molar-refractivity contribution in [3.05, 3.63) is 24.3 Å². The topological polar surface area (TPSA) is 81.3 Å². The zero-order valence-corrected chi connectivity index (χ0v) is 12.1. The van der Waals surface area contributed by atoms with Gasteiger partial charge in [-0.1, -0.05) is 24.4 Å². The van der Waals surface area contributed by atoms with Gasteiger partial charge in [0.2, 0.25) is 5.82 Å². The Bertz CT molecular complexity index is 600. The van der Waals surface area contributed by atoms with Gasteiger partial charge in [0.1, 0.15) is 11.4 Å². The first kappa shape index (κ1) is 14.0. The minimum absolute atomic E-state index is 0.0294. The van der Waals surface area contributed by atoms with E-state index in [0.29, 0.717) is 23.9 Å². The highest BCUT2D eigenvalue weighted by Crippen LogP contribution is 2.40. The highest BCUT2D eigenvalue weighted by Gasteiger charge is 2.39. The molecule has 0 radical (unpaired) electrons. The normalized spacial score (nSPS) is 17.8. The standard InChI is InChI=1S/C15H19N3O3/c1-2-20-15(7-4-3-5-8-15)14-17-13(21-18-14)11-6-9-16-10-12(11)19/h6,9-10,19H,2-5,7-8H2,1H3. The molecule has 0 spiro atoms. The van der Waals surface area contributed by atoms with Crippen molar-refractivity contribution in [1.29, 1.82) is 0 Å². The van der Waals surface area contributed by atoms with Gasteiger partial charge in [-0.3, -0.25) is 4.98 Å². The fourth-order valence-corrected chi connectivity index (χ4v) is 2.92. The van der Waals surface area contributed by atoms with Gasteiger partial charge in [-0.15, -0.1) is 0 Å². The molecule has 1 N–H and O–H groups in total. The summed E-state index contributed by atoms with van der Waals surface area (Å²) in [4.78, 5) is 8.31. The summed E-state index contributed by atoms with van der Waals surface area (Å²) >= 11 is 0. The van der Waals surface area contributed by atoms with Crippen LogP contribution in [0.25, 0.3) is 11.5 Å². The minimum Gasteiger partial charge on any atom is -0.505 e. The number of rotatable bonds is 4. The maximum atomic E-state index is 9.83. The van der Waals surface area contributed by atoms with Gasteiger partial charge in [0.25, 0.3) is 5.89 Å². The van der Waals surface area contributed by atoms with Crippen LogP contribution in [0.15, 0.2) is 23.0 Å². The zero-order chi connectivity index (χ0) is 14.7. The van der Waals surface area contributed by atoms with E-state index in [-0.39, 0.29) is 5.75 Å². The molecule has 1 aliphatic rings. The van der Waals surface area contributed by atoms with Gasteiger partial charge in [-0.25, -0.2) is 0 Å². The Balaban J connectivity index is 1.94. The van der Waals surface area contributed by atoms with Crippen molar-refractivity contribution in [3.8, 4) is 17.2 Å². The Hall–Kier alpha value is -1.95. The van der Waals surface area contributed by atoms with Gasteiger partial charge in [-0.2, -0.15) is 4.98 Å². The quantitative estimate of drug-likeness (QED) is 0.931. The summed E-state index contributed by atoms with van der Waals surface area (Å²) in [7, 11) is 0. The summed E-state index contributed by atoms with van der Waals surface area (Å²) in [6, 6.07) is 1.65. The Morgan fingerprint density at radius 1 is 1.33 bits per heavy atom. The van der Waals surface area contributed by atoms with Gasteiger partial charge in [0.05, 0.1) is 11.8 Å². The minimum atomic E-state index is -0.447. The van der Waals surface area contributed by atoms with Crippen LogP contribution in [0, 0.1) is 0 Å². The molecule has 1 fully saturated rings. The third-order valence-corrected chi connectivity index (χ3v) is 3.95. The Kier molecular flexibility index (Phi) is 3.88. The maximum absolute atomic E-state index is 9.83. The van der Waals surface area contributed by atoms with E-state index in [2.05, 4.69) is 15.1 Å². The number of pyridine rings is 1. The highest BCUT2D eigenvalue weighted by atomic mass is 16.5. The first-order valence-electron chi connectivity index (χ1n) is 7.37. The Morgan fingerprint density at radius 3 is 2.86 bits per heavy atom. The van der Waals surface area contributed by atoms with Gasteiger partial charge in [0.15, 0.2) is 0 Å². The molecule has 0 aromatic carbocycles. The van der Waals surface area contributed by atoms with Crippen LogP contribution in [0.4, 0.5) is 0 Å². The molecule has 0 aliphatic heterocycles. The Morgan fingerprint density at radius 2 is 2.14 bits per heavy atom. The molecule has 21 heavy (non-hydrogen) atoms. The van der Waals surface area contributed by atoms with Crippen LogP contribution >= 0.6 is 0 Å². The molecule has 1 saturated carbocycles. The molecule has 1 aliphatic carbocycles. The summed E-state index contributed by atoms with van der Waals surface area (Å²) in [6.45, 7) is 2.59. The summed E-state index contributed by atoms with van der Waals surface area (Å²) in [5, 5.41) is 13.9. The number of aromatic nitrogens is 3. The van der Waals surface area contributed by atoms with Crippen molar-refractivity contribution in [2.45, 2.75) is 44.6 Å². The van der Waals surface area contributed by atoms with Gasteiger partial charge >= 0.3 is 0 Å². The molecule has 0 saturated heterocycles. The van der Waals surface area contributed by atoms with E-state index in [4.69, 9.17) is 9.26 Å². The molecule has 0 bridgehead atoms. The second-order valence-corrected chi connectivity index (χ2v) is 5.30. The molecule has 0 atom stereocenters. The molecule has 2 heterocycles. The fourth-order valence-electron chi connectivity index (χ4n) is 2.92. The average Bonchev–Trinajstić information content (AvgIpc) is 2.99. The SMILES string of the molecule is CCOC1(c2noc(-c3ccncc3O)n2)CCCCC1. The highest BCUT2D eigenvalue weighted by molar-refractivity contribution is 5.60. The first-order valence-corrected chi connectivity index (χ1v) is 7.37. The third-order valence-electron chi connectivity index (χ3n) is 3.95. The predicted molar refractivity (Wildman–Crippen MR) is 75.6 cm³/mol.